The molecule has 0 fully saturated rings. The third-order valence-corrected chi connectivity index (χ3v) is 6.98. The number of nitrogens with zero attached hydrogens (tertiary/aromatic N) is 2. The number of carbonyl (C=O) groups is 1. The third-order valence-electron chi connectivity index (χ3n) is 5.21. The van der Waals surface area contributed by atoms with Gasteiger partial charge in [0.15, 0.2) is 11.5 Å². The van der Waals surface area contributed by atoms with Gasteiger partial charge in [-0.05, 0) is 48.0 Å². The first-order valence-electron chi connectivity index (χ1n) is 10.7. The van der Waals surface area contributed by atoms with Gasteiger partial charge in [0.1, 0.15) is 6.54 Å². The summed E-state index contributed by atoms with van der Waals surface area (Å²) in [4.78, 5) is 12.5. The summed E-state index contributed by atoms with van der Waals surface area (Å²) in [6.07, 6.45) is -4.57. The van der Waals surface area contributed by atoms with E-state index in [-0.39, 0.29) is 28.5 Å². The third kappa shape index (κ3) is 6.50. The molecule has 8 nitrogen and oxygen atoms in total. The highest BCUT2D eigenvalue weighted by Gasteiger charge is 2.33. The molecule has 0 radical (unpaired) electrons. The van der Waals surface area contributed by atoms with E-state index in [0.29, 0.717) is 21.6 Å². The lowest BCUT2D eigenvalue weighted by Gasteiger charge is -2.25. The normalized spacial score (nSPS) is 11.4. The molecule has 0 aliphatic heterocycles. The van der Waals surface area contributed by atoms with E-state index in [9.17, 15) is 26.4 Å². The quantitative estimate of drug-likeness (QED) is 0.430. The van der Waals surface area contributed by atoms with Crippen molar-refractivity contribution < 1.29 is 35.9 Å². The lowest BCUT2D eigenvalue weighted by Crippen LogP contribution is -2.38. The fraction of sp³-hybridized carbons (Fsp3) is 0.200. The van der Waals surface area contributed by atoms with Crippen molar-refractivity contribution in [3.63, 3.8) is 0 Å². The molecular weight excluding hydrogens is 511 g/mol. The number of amides is 1. The van der Waals surface area contributed by atoms with Crippen molar-refractivity contribution >= 4 is 27.3 Å². The number of anilines is 2. The summed E-state index contributed by atoms with van der Waals surface area (Å²) in [6.45, 7) is -0.821. The first-order chi connectivity index (χ1) is 17.5. The Morgan fingerprint density at radius 3 is 2.27 bits per heavy atom. The summed E-state index contributed by atoms with van der Waals surface area (Å²) in [5, 5.41) is 11.3. The van der Waals surface area contributed by atoms with Gasteiger partial charge in [-0.1, -0.05) is 18.2 Å². The maximum Gasteiger partial charge on any atom is 0.416 e. The van der Waals surface area contributed by atoms with Crippen LogP contribution in [0.4, 0.5) is 24.5 Å². The number of sulfonamides is 1. The second-order valence-corrected chi connectivity index (χ2v) is 9.52. The van der Waals surface area contributed by atoms with Gasteiger partial charge in [-0.3, -0.25) is 9.10 Å². The van der Waals surface area contributed by atoms with Crippen LogP contribution in [0.2, 0.25) is 0 Å². The number of ether oxygens (including phenoxy) is 2. The second kappa shape index (κ2) is 11.2. The number of nitriles is 1. The molecule has 12 heteroatoms. The van der Waals surface area contributed by atoms with E-state index in [2.05, 4.69) is 5.32 Å². The van der Waals surface area contributed by atoms with Crippen molar-refractivity contribution in [3.8, 4) is 17.6 Å². The van der Waals surface area contributed by atoms with Crippen LogP contribution in [0.1, 0.15) is 11.1 Å². The highest BCUT2D eigenvalue weighted by molar-refractivity contribution is 7.92. The van der Waals surface area contributed by atoms with Crippen LogP contribution in [0.5, 0.6) is 11.5 Å². The van der Waals surface area contributed by atoms with Gasteiger partial charge in [0, 0.05) is 11.8 Å². The minimum absolute atomic E-state index is 0.0782. The van der Waals surface area contributed by atoms with Crippen LogP contribution < -0.4 is 19.1 Å². The van der Waals surface area contributed by atoms with Gasteiger partial charge < -0.3 is 14.8 Å². The van der Waals surface area contributed by atoms with Gasteiger partial charge in [0.2, 0.25) is 5.91 Å². The van der Waals surface area contributed by atoms with E-state index < -0.39 is 34.2 Å². The Morgan fingerprint density at radius 2 is 1.68 bits per heavy atom. The number of rotatable bonds is 9. The van der Waals surface area contributed by atoms with Gasteiger partial charge in [0.25, 0.3) is 10.0 Å². The van der Waals surface area contributed by atoms with Gasteiger partial charge in [-0.2, -0.15) is 18.4 Å². The van der Waals surface area contributed by atoms with Crippen LogP contribution in [-0.2, 0) is 27.4 Å². The molecule has 0 aliphatic rings. The summed E-state index contributed by atoms with van der Waals surface area (Å²) in [5.74, 6) is -0.478. The molecule has 3 aromatic rings. The molecule has 1 amide bonds. The van der Waals surface area contributed by atoms with Crippen LogP contribution in [0.3, 0.4) is 0 Å². The van der Waals surface area contributed by atoms with Gasteiger partial charge in [-0.25, -0.2) is 8.42 Å². The molecule has 0 saturated carbocycles. The molecule has 0 spiro atoms. The predicted octanol–water partition coefficient (Wildman–Crippen LogP) is 4.62. The van der Waals surface area contributed by atoms with E-state index in [1.54, 1.807) is 12.1 Å². The lowest BCUT2D eigenvalue weighted by molar-refractivity contribution is -0.137. The Morgan fingerprint density at radius 1 is 1.00 bits per heavy atom. The number of hydrogen-bond acceptors (Lipinski definition) is 6. The molecule has 0 aliphatic carbocycles. The van der Waals surface area contributed by atoms with Crippen molar-refractivity contribution in [3.05, 3.63) is 77.9 Å². The van der Waals surface area contributed by atoms with Crippen LogP contribution >= 0.6 is 0 Å². The monoisotopic (exact) mass is 533 g/mol. The molecule has 194 valence electrons. The van der Waals surface area contributed by atoms with Crippen LogP contribution in [0.25, 0.3) is 0 Å². The van der Waals surface area contributed by atoms with E-state index in [4.69, 9.17) is 14.7 Å². The number of nitrogens with one attached hydrogen (secondary N) is 1. The fourth-order valence-electron chi connectivity index (χ4n) is 3.38. The Bertz CT molecular complexity index is 1420. The molecule has 0 bridgehead atoms. The molecule has 3 rings (SSSR count). The van der Waals surface area contributed by atoms with E-state index >= 15 is 0 Å². The topological polar surface area (TPSA) is 109 Å². The fourth-order valence-corrected chi connectivity index (χ4v) is 4.81. The van der Waals surface area contributed by atoms with Crippen molar-refractivity contribution in [1.29, 1.82) is 5.26 Å². The van der Waals surface area contributed by atoms with E-state index in [1.807, 2.05) is 6.07 Å². The van der Waals surface area contributed by atoms with Crippen LogP contribution in [-0.4, -0.2) is 35.1 Å². The first kappa shape index (κ1) is 27.3. The minimum atomic E-state index is -4.73. The molecular formula is C25H22F3N3O5S. The Hall–Kier alpha value is -4.24. The molecule has 0 aromatic heterocycles. The number of benzene rings is 3. The van der Waals surface area contributed by atoms with E-state index in [0.717, 1.165) is 24.3 Å². The number of halogens is 3. The molecule has 3 aromatic carbocycles. The molecule has 0 atom stereocenters. The maximum atomic E-state index is 13.6. The summed E-state index contributed by atoms with van der Waals surface area (Å²) in [6, 6.07) is 15.6. The van der Waals surface area contributed by atoms with Gasteiger partial charge >= 0.3 is 6.18 Å². The highest BCUT2D eigenvalue weighted by atomic mass is 32.2. The number of carbonyl (C=O) groups excluding carboxylic acids is 1. The van der Waals surface area contributed by atoms with E-state index in [1.165, 1.54) is 38.5 Å². The summed E-state index contributed by atoms with van der Waals surface area (Å²) >= 11 is 0. The molecule has 1 N–H and O–H groups in total. The number of hydrogen-bond donors (Lipinski definition) is 1. The van der Waals surface area contributed by atoms with Crippen molar-refractivity contribution in [2.75, 3.05) is 30.4 Å². The van der Waals surface area contributed by atoms with Crippen LogP contribution in [0, 0.1) is 11.3 Å². The van der Waals surface area contributed by atoms with Gasteiger partial charge in [0.05, 0.1) is 42.9 Å². The predicted molar refractivity (Wildman–Crippen MR) is 130 cm³/mol. The average Bonchev–Trinajstić information content (AvgIpc) is 2.87. The number of methoxy groups -OCH3 is 2. The summed E-state index contributed by atoms with van der Waals surface area (Å²) in [7, 11) is -1.88. The Kier molecular flexibility index (Phi) is 8.29. The Labute approximate surface area is 211 Å². The summed E-state index contributed by atoms with van der Waals surface area (Å²) in [5.41, 5.74) is -0.406. The first-order valence-corrected chi connectivity index (χ1v) is 12.1. The molecule has 0 heterocycles. The van der Waals surface area contributed by atoms with Crippen molar-refractivity contribution in [2.24, 2.45) is 0 Å². The lowest BCUT2D eigenvalue weighted by atomic mass is 10.1. The second-order valence-electron chi connectivity index (χ2n) is 7.66. The standard InChI is InChI=1S/C25H22F3N3O5S/c1-35-22-11-10-21(15-23(22)36-2)37(33,34)31(20-5-3-4-18(14-20)25(26,27)28)16-24(32)30-19-8-6-17(7-9-19)12-13-29/h3-11,14-15H,12,16H2,1-2H3,(H,30,32). The smallest absolute Gasteiger partial charge is 0.416 e. The Balaban J connectivity index is 2.01. The zero-order chi connectivity index (χ0) is 27.2. The molecule has 0 unspecified atom stereocenters. The largest absolute Gasteiger partial charge is 0.493 e. The summed E-state index contributed by atoms with van der Waals surface area (Å²) < 4.78 is 78.2. The molecule has 37 heavy (non-hydrogen) atoms. The highest BCUT2D eigenvalue weighted by Crippen LogP contribution is 2.35. The average molecular weight is 534 g/mol. The van der Waals surface area contributed by atoms with Crippen molar-refractivity contribution in [2.45, 2.75) is 17.5 Å². The van der Waals surface area contributed by atoms with Gasteiger partial charge in [-0.15, -0.1) is 0 Å². The SMILES string of the molecule is COc1ccc(S(=O)(=O)N(CC(=O)Nc2ccc(CC#N)cc2)c2cccc(C(F)(F)F)c2)cc1OC. The zero-order valence-electron chi connectivity index (χ0n) is 19.7. The molecule has 0 saturated heterocycles. The zero-order valence-corrected chi connectivity index (χ0v) is 20.6. The maximum absolute atomic E-state index is 13.6. The number of alkyl halides is 3. The van der Waals surface area contributed by atoms with Crippen molar-refractivity contribution in [1.82, 2.24) is 0 Å². The minimum Gasteiger partial charge on any atom is -0.493 e. The van der Waals surface area contributed by atoms with Crippen LogP contribution in [0.15, 0.2) is 71.6 Å².